The van der Waals surface area contributed by atoms with Gasteiger partial charge in [0.2, 0.25) is 5.91 Å². The monoisotopic (exact) mass is 328 g/mol. The van der Waals surface area contributed by atoms with Gasteiger partial charge in [-0.25, -0.2) is 0 Å². The molecular weight excluding hydrogens is 288 g/mol. The van der Waals surface area contributed by atoms with Gasteiger partial charge in [0.25, 0.3) is 0 Å². The van der Waals surface area contributed by atoms with Crippen LogP contribution in [0.4, 0.5) is 0 Å². The first kappa shape index (κ1) is 22.4. The summed E-state index contributed by atoms with van der Waals surface area (Å²) in [6.45, 7) is 17.0. The molecule has 0 spiro atoms. The molecule has 2 N–H and O–H groups in total. The lowest BCUT2D eigenvalue weighted by molar-refractivity contribution is -0.133. The molecule has 23 heavy (non-hydrogen) atoms. The third-order valence-corrected chi connectivity index (χ3v) is 4.92. The van der Waals surface area contributed by atoms with Crippen molar-refractivity contribution in [1.82, 2.24) is 10.6 Å². The van der Waals surface area contributed by atoms with Gasteiger partial charge in [0, 0.05) is 31.2 Å². The summed E-state index contributed by atoms with van der Waals surface area (Å²) in [5, 5.41) is 6.37. The molecule has 4 heteroatoms. The second-order valence-corrected chi connectivity index (χ2v) is 7.43. The van der Waals surface area contributed by atoms with Crippen molar-refractivity contribution in [3.8, 4) is 0 Å². The average Bonchev–Trinajstić information content (AvgIpc) is 2.51. The molecule has 0 aromatic rings. The van der Waals surface area contributed by atoms with Crippen LogP contribution in [0.1, 0.15) is 80.6 Å². The van der Waals surface area contributed by atoms with Crippen LogP contribution in [0.5, 0.6) is 0 Å². The Labute approximate surface area is 144 Å². The van der Waals surface area contributed by atoms with Crippen LogP contribution in [-0.2, 0) is 9.53 Å². The highest BCUT2D eigenvalue weighted by molar-refractivity contribution is 5.82. The van der Waals surface area contributed by atoms with Gasteiger partial charge in [-0.1, -0.05) is 48.0 Å². The maximum Gasteiger partial charge on any atom is 0.226 e. The zero-order chi connectivity index (χ0) is 17.9. The summed E-state index contributed by atoms with van der Waals surface area (Å²) in [5.74, 6) is 0.142. The summed E-state index contributed by atoms with van der Waals surface area (Å²) in [6.07, 6.45) is 4.80. The minimum Gasteiger partial charge on any atom is -0.375 e. The number of hydrogen-bond donors (Lipinski definition) is 2. The molecule has 0 saturated heterocycles. The average molecular weight is 329 g/mol. The van der Waals surface area contributed by atoms with Crippen LogP contribution in [-0.4, -0.2) is 37.2 Å². The molecule has 4 nitrogen and oxygen atoms in total. The highest BCUT2D eigenvalue weighted by atomic mass is 16.5. The molecule has 2 atom stereocenters. The van der Waals surface area contributed by atoms with E-state index in [0.29, 0.717) is 19.2 Å². The number of ether oxygens (including phenoxy) is 1. The third-order valence-electron chi connectivity index (χ3n) is 4.92. The fourth-order valence-electron chi connectivity index (χ4n) is 2.60. The van der Waals surface area contributed by atoms with Gasteiger partial charge in [-0.15, -0.1) is 0 Å². The molecular formula is C19H40N2O2. The van der Waals surface area contributed by atoms with Crippen molar-refractivity contribution in [2.24, 2.45) is 5.41 Å². The summed E-state index contributed by atoms with van der Waals surface area (Å²) >= 11 is 0. The van der Waals surface area contributed by atoms with Gasteiger partial charge in [-0.05, 0) is 32.6 Å². The van der Waals surface area contributed by atoms with E-state index < -0.39 is 0 Å². The quantitative estimate of drug-likeness (QED) is 0.504. The summed E-state index contributed by atoms with van der Waals surface area (Å²) in [5.41, 5.74) is -0.403. The Morgan fingerprint density at radius 3 is 2.17 bits per heavy atom. The Bertz CT molecular complexity index is 333. The molecule has 138 valence electrons. The van der Waals surface area contributed by atoms with Crippen molar-refractivity contribution < 1.29 is 9.53 Å². The van der Waals surface area contributed by atoms with Crippen molar-refractivity contribution >= 4 is 5.91 Å². The lowest BCUT2D eigenvalue weighted by Crippen LogP contribution is -2.43. The molecule has 0 aliphatic carbocycles. The summed E-state index contributed by atoms with van der Waals surface area (Å²) in [7, 11) is 0. The standard InChI is InChI=1S/C19H40N2O2/c1-8-11-19(7,10-3)23-15-12-18(6,9-2)17(22)21-14-13-20-16(4)5/h16,20H,8-15H2,1-7H3,(H,21,22). The Morgan fingerprint density at radius 2 is 1.70 bits per heavy atom. The highest BCUT2D eigenvalue weighted by Gasteiger charge is 2.32. The van der Waals surface area contributed by atoms with Gasteiger partial charge >= 0.3 is 0 Å². The maximum atomic E-state index is 12.5. The van der Waals surface area contributed by atoms with Crippen LogP contribution in [0.25, 0.3) is 0 Å². The Morgan fingerprint density at radius 1 is 1.04 bits per heavy atom. The molecule has 0 aromatic heterocycles. The predicted octanol–water partition coefficient (Wildman–Crippen LogP) is 3.89. The van der Waals surface area contributed by atoms with Crippen molar-refractivity contribution in [3.05, 3.63) is 0 Å². The van der Waals surface area contributed by atoms with E-state index in [2.05, 4.69) is 52.2 Å². The molecule has 1 amide bonds. The lowest BCUT2D eigenvalue weighted by atomic mass is 9.83. The minimum absolute atomic E-state index is 0.0545. The normalized spacial score (nSPS) is 16.9. The SMILES string of the molecule is CCCC(C)(CC)OCCC(C)(CC)C(=O)NCCNC(C)C. The van der Waals surface area contributed by atoms with Gasteiger partial charge in [0.1, 0.15) is 0 Å². The van der Waals surface area contributed by atoms with E-state index in [1.165, 1.54) is 0 Å². The molecule has 0 heterocycles. The smallest absolute Gasteiger partial charge is 0.226 e. The fourth-order valence-corrected chi connectivity index (χ4v) is 2.60. The van der Waals surface area contributed by atoms with Gasteiger partial charge in [0.05, 0.1) is 5.60 Å². The zero-order valence-electron chi connectivity index (χ0n) is 16.6. The molecule has 0 fully saturated rings. The van der Waals surface area contributed by atoms with Crippen LogP contribution in [0.2, 0.25) is 0 Å². The molecule has 0 aliphatic rings. The first-order valence-electron chi connectivity index (χ1n) is 9.38. The Balaban J connectivity index is 4.34. The van der Waals surface area contributed by atoms with E-state index in [-0.39, 0.29) is 16.9 Å². The second kappa shape index (κ2) is 11.0. The Kier molecular flexibility index (Phi) is 10.7. The number of amides is 1. The molecule has 0 saturated carbocycles. The van der Waals surface area contributed by atoms with Crippen molar-refractivity contribution in [1.29, 1.82) is 0 Å². The predicted molar refractivity (Wildman–Crippen MR) is 98.7 cm³/mol. The largest absolute Gasteiger partial charge is 0.375 e. The van der Waals surface area contributed by atoms with Crippen LogP contribution in [0.3, 0.4) is 0 Å². The van der Waals surface area contributed by atoms with Gasteiger partial charge in [-0.2, -0.15) is 0 Å². The van der Waals surface area contributed by atoms with E-state index in [1.807, 2.05) is 6.92 Å². The summed E-state index contributed by atoms with van der Waals surface area (Å²) in [6, 6.07) is 0.447. The minimum atomic E-state index is -0.349. The van der Waals surface area contributed by atoms with E-state index in [9.17, 15) is 4.79 Å². The van der Waals surface area contributed by atoms with E-state index in [1.54, 1.807) is 0 Å². The molecule has 2 unspecified atom stereocenters. The number of rotatable bonds is 13. The molecule has 0 bridgehead atoms. The van der Waals surface area contributed by atoms with Crippen LogP contribution in [0, 0.1) is 5.41 Å². The molecule has 0 aliphatic heterocycles. The van der Waals surface area contributed by atoms with Crippen LogP contribution < -0.4 is 10.6 Å². The third kappa shape index (κ3) is 8.71. The van der Waals surface area contributed by atoms with Crippen molar-refractivity contribution in [2.45, 2.75) is 92.2 Å². The highest BCUT2D eigenvalue weighted by Crippen LogP contribution is 2.28. The number of carbonyl (C=O) groups excluding carboxylic acids is 1. The van der Waals surface area contributed by atoms with Crippen LogP contribution >= 0.6 is 0 Å². The molecule has 0 radical (unpaired) electrons. The van der Waals surface area contributed by atoms with Crippen LogP contribution in [0.15, 0.2) is 0 Å². The summed E-state index contributed by atoms with van der Waals surface area (Å²) < 4.78 is 6.13. The van der Waals surface area contributed by atoms with Crippen molar-refractivity contribution in [2.75, 3.05) is 19.7 Å². The Hall–Kier alpha value is -0.610. The number of carbonyl (C=O) groups is 1. The molecule has 0 aromatic carbocycles. The van der Waals surface area contributed by atoms with Gasteiger partial charge in [-0.3, -0.25) is 4.79 Å². The summed E-state index contributed by atoms with van der Waals surface area (Å²) in [4.78, 5) is 12.5. The van der Waals surface area contributed by atoms with Crippen molar-refractivity contribution in [3.63, 3.8) is 0 Å². The first-order valence-corrected chi connectivity index (χ1v) is 9.38. The van der Waals surface area contributed by atoms with E-state index in [4.69, 9.17) is 4.74 Å². The number of hydrogen-bond acceptors (Lipinski definition) is 3. The maximum absolute atomic E-state index is 12.5. The van der Waals surface area contributed by atoms with Gasteiger partial charge in [0.15, 0.2) is 0 Å². The van der Waals surface area contributed by atoms with E-state index >= 15 is 0 Å². The lowest BCUT2D eigenvalue weighted by Gasteiger charge is -2.32. The van der Waals surface area contributed by atoms with Gasteiger partial charge < -0.3 is 15.4 Å². The van der Waals surface area contributed by atoms with E-state index in [0.717, 1.165) is 38.6 Å². The number of nitrogens with one attached hydrogen (secondary N) is 2. The first-order chi connectivity index (χ1) is 10.7. The molecule has 0 rings (SSSR count). The fraction of sp³-hybridized carbons (Fsp3) is 0.947. The second-order valence-electron chi connectivity index (χ2n) is 7.43. The topological polar surface area (TPSA) is 50.4 Å². The zero-order valence-corrected chi connectivity index (χ0v) is 16.6.